The van der Waals surface area contributed by atoms with Crippen LogP contribution < -0.4 is 5.73 Å². The van der Waals surface area contributed by atoms with Crippen LogP contribution in [0.15, 0.2) is 30.6 Å². The van der Waals surface area contributed by atoms with Gasteiger partial charge in [0.05, 0.1) is 23.3 Å². The first kappa shape index (κ1) is 18.7. The van der Waals surface area contributed by atoms with Crippen LogP contribution in [-0.2, 0) is 4.74 Å². The number of hydrogen-bond donors (Lipinski definition) is 2. The molecule has 0 radical (unpaired) electrons. The number of ether oxygens (including phenoxy) is 1. The molecule has 1 amide bonds. The molecular weight excluding hydrogens is 406 g/mol. The van der Waals surface area contributed by atoms with Gasteiger partial charge in [0.25, 0.3) is 0 Å². The van der Waals surface area contributed by atoms with Gasteiger partial charge in [-0.05, 0) is 25.0 Å². The summed E-state index contributed by atoms with van der Waals surface area (Å²) in [5.74, 6) is 1.30. The number of amides is 1. The molecule has 0 spiro atoms. The van der Waals surface area contributed by atoms with Gasteiger partial charge in [-0.15, -0.1) is 0 Å². The second kappa shape index (κ2) is 7.17. The predicted molar refractivity (Wildman–Crippen MR) is 113 cm³/mol. The van der Waals surface area contributed by atoms with Crippen molar-refractivity contribution < 1.29 is 9.53 Å². The van der Waals surface area contributed by atoms with Gasteiger partial charge < -0.3 is 20.4 Å². The van der Waals surface area contributed by atoms with Gasteiger partial charge in [0.15, 0.2) is 5.82 Å². The Labute approximate surface area is 176 Å². The van der Waals surface area contributed by atoms with Crippen LogP contribution in [0.25, 0.3) is 27.8 Å². The van der Waals surface area contributed by atoms with E-state index in [1.54, 1.807) is 9.42 Å². The van der Waals surface area contributed by atoms with E-state index < -0.39 is 0 Å². The van der Waals surface area contributed by atoms with Crippen LogP contribution in [0.1, 0.15) is 24.6 Å². The summed E-state index contributed by atoms with van der Waals surface area (Å²) in [5.41, 5.74) is 9.21. The van der Waals surface area contributed by atoms with Crippen molar-refractivity contribution in [3.8, 4) is 11.4 Å². The molecular formula is C20H20ClN7O2. The number of nitrogens with zero attached hydrogens (tertiary/aromatic N) is 5. The third-order valence-electron chi connectivity index (χ3n) is 5.64. The Kier molecular flexibility index (Phi) is 4.47. The Balaban J connectivity index is 1.59. The Morgan fingerprint density at radius 2 is 2.13 bits per heavy atom. The molecule has 1 fully saturated rings. The van der Waals surface area contributed by atoms with Gasteiger partial charge in [-0.25, -0.2) is 19.3 Å². The van der Waals surface area contributed by atoms with E-state index >= 15 is 0 Å². The molecule has 1 aliphatic rings. The van der Waals surface area contributed by atoms with Crippen LogP contribution >= 0.6 is 11.6 Å². The SMILES string of the molecule is COC(=O)N1CCC(c2nc(-c3cc4cccc(Cl)c4[nH]3)c3c(N)ncnn23)CC1. The monoisotopic (exact) mass is 425 g/mol. The van der Waals surface area contributed by atoms with Crippen molar-refractivity contribution in [3.05, 3.63) is 41.4 Å². The molecule has 3 aromatic heterocycles. The number of nitrogens with two attached hydrogens (primary N) is 1. The van der Waals surface area contributed by atoms with Crippen molar-refractivity contribution >= 4 is 39.9 Å². The number of imidazole rings is 1. The molecule has 0 aliphatic carbocycles. The van der Waals surface area contributed by atoms with Crippen molar-refractivity contribution in [1.29, 1.82) is 0 Å². The van der Waals surface area contributed by atoms with E-state index in [-0.39, 0.29) is 12.0 Å². The number of carbonyl (C=O) groups is 1. The van der Waals surface area contributed by atoms with Crippen molar-refractivity contribution in [2.75, 3.05) is 25.9 Å². The number of fused-ring (bicyclic) bond motifs is 2. The molecule has 0 saturated carbocycles. The topological polar surface area (TPSA) is 114 Å². The summed E-state index contributed by atoms with van der Waals surface area (Å²) >= 11 is 6.34. The highest BCUT2D eigenvalue weighted by atomic mass is 35.5. The van der Waals surface area contributed by atoms with Crippen LogP contribution in [0, 0.1) is 0 Å². The molecule has 154 valence electrons. The first-order valence-corrected chi connectivity index (χ1v) is 10.0. The number of para-hydroxylation sites is 1. The van der Waals surface area contributed by atoms with E-state index in [4.69, 9.17) is 27.1 Å². The number of halogens is 1. The number of nitrogens with one attached hydrogen (secondary N) is 1. The van der Waals surface area contributed by atoms with E-state index in [1.165, 1.54) is 13.4 Å². The van der Waals surface area contributed by atoms with Gasteiger partial charge in [0.2, 0.25) is 0 Å². The van der Waals surface area contributed by atoms with Crippen LogP contribution in [0.3, 0.4) is 0 Å². The Morgan fingerprint density at radius 1 is 1.33 bits per heavy atom. The Morgan fingerprint density at radius 3 is 2.87 bits per heavy atom. The molecule has 1 aliphatic heterocycles. The fourth-order valence-electron chi connectivity index (χ4n) is 4.13. The van der Waals surface area contributed by atoms with Crippen molar-refractivity contribution in [2.45, 2.75) is 18.8 Å². The van der Waals surface area contributed by atoms with E-state index in [9.17, 15) is 4.79 Å². The number of methoxy groups -OCH3 is 1. The van der Waals surface area contributed by atoms with Crippen molar-refractivity contribution in [3.63, 3.8) is 0 Å². The number of rotatable bonds is 2. The number of nitrogen functional groups attached to an aromatic ring is 1. The average molecular weight is 426 g/mol. The zero-order chi connectivity index (χ0) is 20.8. The lowest BCUT2D eigenvalue weighted by Gasteiger charge is -2.30. The maximum absolute atomic E-state index is 11.8. The van der Waals surface area contributed by atoms with Crippen molar-refractivity contribution in [1.82, 2.24) is 29.5 Å². The van der Waals surface area contributed by atoms with E-state index in [0.717, 1.165) is 35.3 Å². The van der Waals surface area contributed by atoms with Crippen LogP contribution in [0.4, 0.5) is 10.6 Å². The van der Waals surface area contributed by atoms with Gasteiger partial charge in [-0.1, -0.05) is 23.7 Å². The number of benzene rings is 1. The molecule has 5 rings (SSSR count). The lowest BCUT2D eigenvalue weighted by Crippen LogP contribution is -2.38. The molecule has 10 heteroatoms. The maximum atomic E-state index is 11.8. The third kappa shape index (κ3) is 2.93. The molecule has 0 bridgehead atoms. The number of likely N-dealkylation sites (tertiary alicyclic amines) is 1. The molecule has 9 nitrogen and oxygen atoms in total. The largest absolute Gasteiger partial charge is 0.453 e. The smallest absolute Gasteiger partial charge is 0.409 e. The van der Waals surface area contributed by atoms with Crippen LogP contribution in [0.5, 0.6) is 0 Å². The number of aromatic amines is 1. The fourth-order valence-corrected chi connectivity index (χ4v) is 4.35. The van der Waals surface area contributed by atoms with Crippen LogP contribution in [-0.4, -0.2) is 55.8 Å². The lowest BCUT2D eigenvalue weighted by molar-refractivity contribution is 0.111. The minimum Gasteiger partial charge on any atom is -0.453 e. The highest BCUT2D eigenvalue weighted by molar-refractivity contribution is 6.35. The Hall–Kier alpha value is -3.33. The minimum absolute atomic E-state index is 0.134. The number of carbonyl (C=O) groups excluding carboxylic acids is 1. The number of anilines is 1. The molecule has 4 heterocycles. The molecule has 3 N–H and O–H groups in total. The summed E-state index contributed by atoms with van der Waals surface area (Å²) in [4.78, 5) is 26.0. The molecule has 4 aromatic rings. The molecule has 0 unspecified atom stereocenters. The predicted octanol–water partition coefficient (Wildman–Crippen LogP) is 3.45. The van der Waals surface area contributed by atoms with Gasteiger partial charge >= 0.3 is 6.09 Å². The maximum Gasteiger partial charge on any atom is 0.409 e. The summed E-state index contributed by atoms with van der Waals surface area (Å²) in [6.45, 7) is 1.20. The minimum atomic E-state index is -0.302. The summed E-state index contributed by atoms with van der Waals surface area (Å²) < 4.78 is 6.60. The van der Waals surface area contributed by atoms with Gasteiger partial charge in [-0.2, -0.15) is 5.10 Å². The second-order valence-electron chi connectivity index (χ2n) is 7.34. The standard InChI is InChI=1S/C20H20ClN7O2/c1-30-20(29)27-7-5-11(6-8-27)19-26-16(17-18(22)23-10-24-28(17)19)14-9-12-3-2-4-13(21)15(12)25-14/h2-4,9-11,25H,5-8H2,1H3,(H2,22,23,24). The quantitative estimate of drug-likeness (QED) is 0.508. The molecule has 1 saturated heterocycles. The zero-order valence-corrected chi connectivity index (χ0v) is 17.1. The number of hydrogen-bond acceptors (Lipinski definition) is 6. The summed E-state index contributed by atoms with van der Waals surface area (Å²) in [7, 11) is 1.40. The summed E-state index contributed by atoms with van der Waals surface area (Å²) in [6.07, 6.45) is 2.65. The highest BCUT2D eigenvalue weighted by Crippen LogP contribution is 2.35. The van der Waals surface area contributed by atoms with E-state index in [1.807, 2.05) is 24.3 Å². The zero-order valence-electron chi connectivity index (χ0n) is 16.3. The normalized spacial score (nSPS) is 15.2. The molecule has 1 aromatic carbocycles. The highest BCUT2D eigenvalue weighted by Gasteiger charge is 2.29. The first-order valence-electron chi connectivity index (χ1n) is 9.66. The summed E-state index contributed by atoms with van der Waals surface area (Å²) in [6, 6.07) is 7.74. The lowest BCUT2D eigenvalue weighted by atomic mass is 9.96. The van der Waals surface area contributed by atoms with E-state index in [0.29, 0.717) is 35.1 Å². The molecule has 30 heavy (non-hydrogen) atoms. The van der Waals surface area contributed by atoms with Crippen molar-refractivity contribution in [2.24, 2.45) is 0 Å². The van der Waals surface area contributed by atoms with Crippen LogP contribution in [0.2, 0.25) is 5.02 Å². The second-order valence-corrected chi connectivity index (χ2v) is 7.75. The number of aromatic nitrogens is 5. The fraction of sp³-hybridized carbons (Fsp3) is 0.300. The van der Waals surface area contributed by atoms with Gasteiger partial charge in [0, 0.05) is 24.4 Å². The van der Waals surface area contributed by atoms with E-state index in [2.05, 4.69) is 15.1 Å². The Bertz CT molecular complexity index is 1260. The number of H-pyrrole nitrogens is 1. The molecule has 0 atom stereocenters. The average Bonchev–Trinajstić information content (AvgIpc) is 3.37. The number of piperidine rings is 1. The summed E-state index contributed by atoms with van der Waals surface area (Å²) in [5, 5.41) is 6.05. The van der Waals surface area contributed by atoms with Gasteiger partial charge in [-0.3, -0.25) is 0 Å². The third-order valence-corrected chi connectivity index (χ3v) is 5.95. The van der Waals surface area contributed by atoms with Gasteiger partial charge in [0.1, 0.15) is 23.4 Å². The first-order chi connectivity index (χ1) is 14.6.